The van der Waals surface area contributed by atoms with Crippen molar-refractivity contribution in [3.8, 4) is 0 Å². The number of nitrogens with zero attached hydrogens (tertiary/aromatic N) is 1. The van der Waals surface area contributed by atoms with Crippen molar-refractivity contribution in [1.82, 2.24) is 15.4 Å². The molecule has 0 saturated heterocycles. The van der Waals surface area contributed by atoms with Crippen LogP contribution in [0.3, 0.4) is 0 Å². The van der Waals surface area contributed by atoms with E-state index in [1.807, 2.05) is 13.0 Å². The molecule has 1 rings (SSSR count). The van der Waals surface area contributed by atoms with Crippen LogP contribution in [0.15, 0.2) is 22.5 Å². The molecule has 0 fully saturated rings. The zero-order chi connectivity index (χ0) is 16.6. The zero-order valence-electron chi connectivity index (χ0n) is 14.0. The average Bonchev–Trinajstić information content (AvgIpc) is 2.94. The standard InChI is InChI=1S/C14H26N4O2S2.HI/c1-5-15-13(16-8-9-18-22(4,19)20)17-11-14(2,3)12-7-6-10-21-12;/h6-7,10,18H,5,8-9,11H2,1-4H3,(H2,15,16,17);1H. The first-order chi connectivity index (χ1) is 10.2. The maximum Gasteiger partial charge on any atom is 0.208 e. The van der Waals surface area contributed by atoms with Gasteiger partial charge in [-0.25, -0.2) is 13.1 Å². The molecule has 0 aromatic carbocycles. The van der Waals surface area contributed by atoms with Crippen LogP contribution in [0.25, 0.3) is 0 Å². The molecule has 0 spiro atoms. The second-order valence-electron chi connectivity index (χ2n) is 5.65. The third-order valence-electron chi connectivity index (χ3n) is 2.95. The molecule has 3 N–H and O–H groups in total. The number of halogens is 1. The van der Waals surface area contributed by atoms with Gasteiger partial charge in [-0.05, 0) is 18.4 Å². The van der Waals surface area contributed by atoms with Crippen LogP contribution in [0.4, 0.5) is 0 Å². The number of hydrogen-bond acceptors (Lipinski definition) is 4. The van der Waals surface area contributed by atoms with Crippen LogP contribution in [0.5, 0.6) is 0 Å². The van der Waals surface area contributed by atoms with E-state index >= 15 is 0 Å². The van der Waals surface area contributed by atoms with Crippen LogP contribution in [-0.2, 0) is 15.4 Å². The first-order valence-corrected chi connectivity index (χ1v) is 10.0. The molecule has 134 valence electrons. The summed E-state index contributed by atoms with van der Waals surface area (Å²) >= 11 is 1.73. The highest BCUT2D eigenvalue weighted by atomic mass is 127. The summed E-state index contributed by atoms with van der Waals surface area (Å²) in [6.07, 6.45) is 1.15. The molecule has 6 nitrogen and oxygen atoms in total. The average molecular weight is 474 g/mol. The summed E-state index contributed by atoms with van der Waals surface area (Å²) in [5.74, 6) is 0.697. The van der Waals surface area contributed by atoms with Crippen molar-refractivity contribution in [3.05, 3.63) is 22.4 Å². The Morgan fingerprint density at radius 2 is 2.00 bits per heavy atom. The molecule has 9 heteroatoms. The van der Waals surface area contributed by atoms with Gasteiger partial charge in [-0.1, -0.05) is 19.9 Å². The van der Waals surface area contributed by atoms with E-state index in [4.69, 9.17) is 0 Å². The number of thiophene rings is 1. The summed E-state index contributed by atoms with van der Waals surface area (Å²) in [5.41, 5.74) is -0.0263. The molecule has 0 radical (unpaired) electrons. The summed E-state index contributed by atoms with van der Waals surface area (Å²) in [5, 5.41) is 8.36. The lowest BCUT2D eigenvalue weighted by Crippen LogP contribution is -2.42. The smallest absolute Gasteiger partial charge is 0.208 e. The third-order valence-corrected chi connectivity index (χ3v) is 4.91. The van der Waals surface area contributed by atoms with Gasteiger partial charge in [0, 0.05) is 29.9 Å². The Morgan fingerprint density at radius 1 is 1.30 bits per heavy atom. The molecule has 0 aliphatic heterocycles. The minimum atomic E-state index is -3.15. The number of hydrogen-bond donors (Lipinski definition) is 3. The van der Waals surface area contributed by atoms with Crippen LogP contribution in [-0.4, -0.2) is 46.8 Å². The lowest BCUT2D eigenvalue weighted by molar-refractivity contribution is 0.548. The van der Waals surface area contributed by atoms with E-state index in [1.165, 1.54) is 4.88 Å². The first kappa shape index (κ1) is 22.6. The fourth-order valence-electron chi connectivity index (χ4n) is 1.78. The van der Waals surface area contributed by atoms with Gasteiger partial charge in [-0.2, -0.15) is 0 Å². The molecule has 1 heterocycles. The van der Waals surface area contributed by atoms with Crippen LogP contribution in [0.2, 0.25) is 0 Å². The van der Waals surface area contributed by atoms with E-state index in [0.29, 0.717) is 25.6 Å². The predicted molar refractivity (Wildman–Crippen MR) is 110 cm³/mol. The number of nitrogens with one attached hydrogen (secondary N) is 3. The summed E-state index contributed by atoms with van der Waals surface area (Å²) in [6, 6.07) is 4.17. The van der Waals surface area contributed by atoms with E-state index in [1.54, 1.807) is 11.3 Å². The molecule has 1 aromatic heterocycles. The molecular weight excluding hydrogens is 447 g/mol. The quantitative estimate of drug-likeness (QED) is 0.232. The van der Waals surface area contributed by atoms with Gasteiger partial charge in [-0.3, -0.25) is 4.99 Å². The maximum absolute atomic E-state index is 11.0. The minimum Gasteiger partial charge on any atom is -0.357 e. The molecule has 0 aliphatic carbocycles. The van der Waals surface area contributed by atoms with E-state index in [9.17, 15) is 8.42 Å². The van der Waals surface area contributed by atoms with E-state index in [0.717, 1.165) is 12.8 Å². The highest BCUT2D eigenvalue weighted by Crippen LogP contribution is 2.27. The second kappa shape index (κ2) is 10.5. The lowest BCUT2D eigenvalue weighted by Gasteiger charge is -2.21. The molecule has 0 atom stereocenters. The monoisotopic (exact) mass is 474 g/mol. The Morgan fingerprint density at radius 3 is 2.52 bits per heavy atom. The van der Waals surface area contributed by atoms with E-state index < -0.39 is 10.0 Å². The summed E-state index contributed by atoms with van der Waals surface area (Å²) in [4.78, 5) is 5.90. The molecule has 0 saturated carbocycles. The molecule has 0 unspecified atom stereocenters. The Balaban J connectivity index is 0.00000484. The summed E-state index contributed by atoms with van der Waals surface area (Å²) in [6.45, 7) is 8.55. The zero-order valence-corrected chi connectivity index (χ0v) is 18.0. The van der Waals surface area contributed by atoms with Crippen molar-refractivity contribution in [2.24, 2.45) is 4.99 Å². The van der Waals surface area contributed by atoms with Crippen LogP contribution in [0.1, 0.15) is 25.6 Å². The van der Waals surface area contributed by atoms with Crippen molar-refractivity contribution in [3.63, 3.8) is 0 Å². The molecule has 0 bridgehead atoms. The summed E-state index contributed by atoms with van der Waals surface area (Å²) in [7, 11) is -3.15. The fraction of sp³-hybridized carbons (Fsp3) is 0.643. The van der Waals surface area contributed by atoms with Gasteiger partial charge in [0.15, 0.2) is 5.96 Å². The van der Waals surface area contributed by atoms with Gasteiger partial charge in [-0.15, -0.1) is 35.3 Å². The molecule has 0 amide bonds. The van der Waals surface area contributed by atoms with Gasteiger partial charge < -0.3 is 10.6 Å². The van der Waals surface area contributed by atoms with Gasteiger partial charge in [0.2, 0.25) is 10.0 Å². The van der Waals surface area contributed by atoms with Gasteiger partial charge in [0.05, 0.1) is 12.8 Å². The number of aliphatic imine (C=N–C) groups is 1. The Kier molecular flexibility index (Phi) is 10.3. The van der Waals surface area contributed by atoms with Gasteiger partial charge in [0.1, 0.15) is 0 Å². The first-order valence-electron chi connectivity index (χ1n) is 7.25. The van der Waals surface area contributed by atoms with Crippen molar-refractivity contribution in [2.75, 3.05) is 32.4 Å². The van der Waals surface area contributed by atoms with Crippen LogP contribution >= 0.6 is 35.3 Å². The Bertz CT molecular complexity index is 572. The van der Waals surface area contributed by atoms with Crippen molar-refractivity contribution >= 4 is 51.3 Å². The van der Waals surface area contributed by atoms with Crippen molar-refractivity contribution in [1.29, 1.82) is 0 Å². The largest absolute Gasteiger partial charge is 0.357 e. The van der Waals surface area contributed by atoms with Crippen molar-refractivity contribution < 1.29 is 8.42 Å². The molecule has 1 aromatic rings. The van der Waals surface area contributed by atoms with Crippen LogP contribution in [0, 0.1) is 0 Å². The third kappa shape index (κ3) is 9.48. The molecular formula is C14H27IN4O2S2. The molecule has 23 heavy (non-hydrogen) atoms. The summed E-state index contributed by atoms with van der Waals surface area (Å²) < 4.78 is 24.5. The lowest BCUT2D eigenvalue weighted by atomic mass is 9.92. The number of rotatable bonds is 8. The topological polar surface area (TPSA) is 82.6 Å². The minimum absolute atomic E-state index is 0. The SMILES string of the molecule is CCNC(=NCC(C)(C)c1cccs1)NCCNS(C)(=O)=O.I. The number of guanidine groups is 1. The van der Waals surface area contributed by atoms with E-state index in [2.05, 4.69) is 45.6 Å². The second-order valence-corrected chi connectivity index (χ2v) is 8.43. The normalized spacial score (nSPS) is 12.6. The molecule has 0 aliphatic rings. The van der Waals surface area contributed by atoms with Crippen molar-refractivity contribution in [2.45, 2.75) is 26.2 Å². The predicted octanol–water partition coefficient (Wildman–Crippen LogP) is 1.75. The maximum atomic E-state index is 11.0. The van der Waals surface area contributed by atoms with Crippen LogP contribution < -0.4 is 15.4 Å². The Labute approximate surface area is 160 Å². The Hall–Kier alpha value is -0.390. The highest BCUT2D eigenvalue weighted by molar-refractivity contribution is 14.0. The fourth-order valence-corrected chi connectivity index (χ4v) is 3.09. The van der Waals surface area contributed by atoms with E-state index in [-0.39, 0.29) is 29.4 Å². The van der Waals surface area contributed by atoms with Gasteiger partial charge in [0.25, 0.3) is 0 Å². The number of sulfonamides is 1. The van der Waals surface area contributed by atoms with Gasteiger partial charge >= 0.3 is 0 Å². The highest BCUT2D eigenvalue weighted by Gasteiger charge is 2.21.